The molecule has 5 nitrogen and oxygen atoms in total. The molecule has 0 bridgehead atoms. The molecule has 136 valence electrons. The lowest BCUT2D eigenvalue weighted by atomic mass is 10.1. The van der Waals surface area contributed by atoms with Crippen LogP contribution in [-0.4, -0.2) is 18.5 Å². The van der Waals surface area contributed by atoms with Gasteiger partial charge in [-0.05, 0) is 54.7 Å². The van der Waals surface area contributed by atoms with Crippen LogP contribution in [-0.2, 0) is 17.8 Å². The smallest absolute Gasteiger partial charge is 0.315 e. The summed E-state index contributed by atoms with van der Waals surface area (Å²) in [6.07, 6.45) is 2.56. The topological polar surface area (TPSA) is 70.2 Å². The lowest BCUT2D eigenvalue weighted by Crippen LogP contribution is -2.36. The Hall–Kier alpha value is -2.89. The highest BCUT2D eigenvalue weighted by atomic mass is 19.1. The molecule has 6 heteroatoms. The van der Waals surface area contributed by atoms with E-state index in [1.807, 2.05) is 24.3 Å². The van der Waals surface area contributed by atoms with Crippen LogP contribution >= 0.6 is 0 Å². The molecular weight excluding hydrogens is 333 g/mol. The quantitative estimate of drug-likeness (QED) is 0.714. The van der Waals surface area contributed by atoms with Crippen molar-refractivity contribution in [1.29, 1.82) is 0 Å². The number of carbonyl (C=O) groups excluding carboxylic acids is 2. The van der Waals surface area contributed by atoms with Gasteiger partial charge >= 0.3 is 6.03 Å². The van der Waals surface area contributed by atoms with E-state index in [4.69, 9.17) is 0 Å². The van der Waals surface area contributed by atoms with Crippen LogP contribution in [0.3, 0.4) is 0 Å². The molecule has 0 spiro atoms. The monoisotopic (exact) mass is 355 g/mol. The summed E-state index contributed by atoms with van der Waals surface area (Å²) in [7, 11) is 0. The van der Waals surface area contributed by atoms with E-state index in [1.165, 1.54) is 12.1 Å². The Kier molecular flexibility index (Phi) is 5.84. The second-order valence-corrected chi connectivity index (χ2v) is 6.45. The summed E-state index contributed by atoms with van der Waals surface area (Å²) < 4.78 is 12.8. The van der Waals surface area contributed by atoms with Crippen LogP contribution in [0.5, 0.6) is 0 Å². The summed E-state index contributed by atoms with van der Waals surface area (Å²) in [5, 5.41) is 8.45. The first-order valence-electron chi connectivity index (χ1n) is 8.76. The standard InChI is InChI=1S/C20H22FN3O2/c21-17-8-4-14(5-9-17)10-11-22-20(26)23-13-15-2-1-3-18(12-15)24-19(25)16-6-7-16/h1-5,8-9,12,16H,6-7,10-11,13H2,(H,24,25)(H2,22,23,26). The predicted octanol–water partition coefficient (Wildman–Crippen LogP) is 3.22. The molecular formula is C20H22FN3O2. The fraction of sp³-hybridized carbons (Fsp3) is 0.300. The van der Waals surface area contributed by atoms with Crippen molar-refractivity contribution in [2.45, 2.75) is 25.8 Å². The molecule has 1 aliphatic rings. The van der Waals surface area contributed by atoms with Crippen molar-refractivity contribution in [3.8, 4) is 0 Å². The Morgan fingerprint density at radius 3 is 2.50 bits per heavy atom. The van der Waals surface area contributed by atoms with E-state index in [9.17, 15) is 14.0 Å². The van der Waals surface area contributed by atoms with Crippen molar-refractivity contribution in [3.05, 3.63) is 65.5 Å². The van der Waals surface area contributed by atoms with Crippen LogP contribution in [0.2, 0.25) is 0 Å². The summed E-state index contributed by atoms with van der Waals surface area (Å²) in [6, 6.07) is 13.4. The molecule has 0 saturated heterocycles. The van der Waals surface area contributed by atoms with Gasteiger partial charge in [-0.1, -0.05) is 24.3 Å². The first kappa shape index (κ1) is 17.9. The minimum absolute atomic E-state index is 0.0636. The van der Waals surface area contributed by atoms with Crippen molar-refractivity contribution in [2.24, 2.45) is 5.92 Å². The van der Waals surface area contributed by atoms with E-state index >= 15 is 0 Å². The summed E-state index contributed by atoms with van der Waals surface area (Å²) in [5.74, 6) is -0.0488. The number of urea groups is 1. The van der Waals surface area contributed by atoms with E-state index in [0.29, 0.717) is 19.5 Å². The Morgan fingerprint density at radius 1 is 1.00 bits per heavy atom. The van der Waals surface area contributed by atoms with Gasteiger partial charge in [-0.3, -0.25) is 4.79 Å². The molecule has 1 saturated carbocycles. The molecule has 26 heavy (non-hydrogen) atoms. The van der Waals surface area contributed by atoms with Crippen molar-refractivity contribution in [3.63, 3.8) is 0 Å². The van der Waals surface area contributed by atoms with Crippen LogP contribution < -0.4 is 16.0 Å². The van der Waals surface area contributed by atoms with E-state index in [-0.39, 0.29) is 23.7 Å². The van der Waals surface area contributed by atoms with Gasteiger partial charge in [0.25, 0.3) is 0 Å². The maximum atomic E-state index is 12.8. The first-order valence-corrected chi connectivity index (χ1v) is 8.76. The summed E-state index contributed by atoms with van der Waals surface area (Å²) in [4.78, 5) is 23.7. The number of halogens is 1. The molecule has 0 heterocycles. The normalized spacial score (nSPS) is 13.1. The number of carbonyl (C=O) groups is 2. The van der Waals surface area contributed by atoms with E-state index in [2.05, 4.69) is 16.0 Å². The third kappa shape index (κ3) is 5.58. The van der Waals surface area contributed by atoms with Gasteiger partial charge in [-0.25, -0.2) is 9.18 Å². The summed E-state index contributed by atoms with van der Waals surface area (Å²) in [5.41, 5.74) is 2.62. The zero-order valence-corrected chi connectivity index (χ0v) is 14.4. The Balaban J connectivity index is 1.39. The number of nitrogens with one attached hydrogen (secondary N) is 3. The van der Waals surface area contributed by atoms with Gasteiger partial charge < -0.3 is 16.0 Å². The van der Waals surface area contributed by atoms with Gasteiger partial charge in [-0.2, -0.15) is 0 Å². The fourth-order valence-corrected chi connectivity index (χ4v) is 2.57. The van der Waals surface area contributed by atoms with E-state index < -0.39 is 0 Å². The lowest BCUT2D eigenvalue weighted by Gasteiger charge is -2.10. The Morgan fingerprint density at radius 2 is 1.77 bits per heavy atom. The number of benzene rings is 2. The van der Waals surface area contributed by atoms with Gasteiger partial charge in [0, 0.05) is 24.7 Å². The molecule has 0 radical (unpaired) electrons. The predicted molar refractivity (Wildman–Crippen MR) is 98.1 cm³/mol. The van der Waals surface area contributed by atoms with Crippen molar-refractivity contribution >= 4 is 17.6 Å². The number of hydrogen-bond acceptors (Lipinski definition) is 2. The highest BCUT2D eigenvalue weighted by molar-refractivity contribution is 5.94. The van der Waals surface area contributed by atoms with Crippen LogP contribution in [0.25, 0.3) is 0 Å². The molecule has 0 aliphatic heterocycles. The van der Waals surface area contributed by atoms with Crippen LogP contribution in [0.15, 0.2) is 48.5 Å². The highest BCUT2D eigenvalue weighted by Crippen LogP contribution is 2.30. The van der Waals surface area contributed by atoms with Crippen molar-refractivity contribution in [2.75, 3.05) is 11.9 Å². The molecule has 0 unspecified atom stereocenters. The van der Waals surface area contributed by atoms with E-state index in [0.717, 1.165) is 29.7 Å². The van der Waals surface area contributed by atoms with Crippen LogP contribution in [0, 0.1) is 11.7 Å². The summed E-state index contributed by atoms with van der Waals surface area (Å²) in [6.45, 7) is 0.838. The van der Waals surface area contributed by atoms with E-state index in [1.54, 1.807) is 12.1 Å². The number of amides is 3. The SMILES string of the molecule is O=C(NCCc1ccc(F)cc1)NCc1cccc(NC(=O)C2CC2)c1. The fourth-order valence-electron chi connectivity index (χ4n) is 2.57. The molecule has 0 aromatic heterocycles. The number of hydrogen-bond donors (Lipinski definition) is 3. The highest BCUT2D eigenvalue weighted by Gasteiger charge is 2.29. The molecule has 3 amide bonds. The number of anilines is 1. The second kappa shape index (κ2) is 8.47. The molecule has 2 aromatic rings. The zero-order valence-electron chi connectivity index (χ0n) is 14.4. The van der Waals surface area contributed by atoms with Crippen molar-refractivity contribution in [1.82, 2.24) is 10.6 Å². The minimum atomic E-state index is -0.269. The van der Waals surface area contributed by atoms with Gasteiger partial charge in [0.05, 0.1) is 0 Å². The molecule has 1 fully saturated rings. The van der Waals surface area contributed by atoms with Crippen LogP contribution in [0.1, 0.15) is 24.0 Å². The minimum Gasteiger partial charge on any atom is -0.338 e. The average molecular weight is 355 g/mol. The largest absolute Gasteiger partial charge is 0.338 e. The molecule has 1 aliphatic carbocycles. The molecule has 0 atom stereocenters. The Labute approximate surface area is 152 Å². The zero-order chi connectivity index (χ0) is 18.4. The van der Waals surface area contributed by atoms with Gasteiger partial charge in [0.2, 0.25) is 5.91 Å². The van der Waals surface area contributed by atoms with Gasteiger partial charge in [-0.15, -0.1) is 0 Å². The summed E-state index contributed by atoms with van der Waals surface area (Å²) >= 11 is 0. The molecule has 3 rings (SSSR count). The lowest BCUT2D eigenvalue weighted by molar-refractivity contribution is -0.117. The van der Waals surface area contributed by atoms with Crippen LogP contribution in [0.4, 0.5) is 14.9 Å². The van der Waals surface area contributed by atoms with Crippen molar-refractivity contribution < 1.29 is 14.0 Å². The second-order valence-electron chi connectivity index (χ2n) is 6.45. The third-order valence-corrected chi connectivity index (χ3v) is 4.21. The average Bonchev–Trinajstić information content (AvgIpc) is 3.47. The Bertz CT molecular complexity index is 773. The first-order chi connectivity index (χ1) is 12.6. The number of rotatable bonds is 7. The van der Waals surface area contributed by atoms with Gasteiger partial charge in [0.15, 0.2) is 0 Å². The maximum absolute atomic E-state index is 12.8. The van der Waals surface area contributed by atoms with Gasteiger partial charge in [0.1, 0.15) is 5.82 Å². The molecule has 3 N–H and O–H groups in total. The maximum Gasteiger partial charge on any atom is 0.315 e. The molecule has 2 aromatic carbocycles. The third-order valence-electron chi connectivity index (χ3n) is 4.21.